The van der Waals surface area contributed by atoms with Crippen LogP contribution in [0.4, 0.5) is 0 Å². The monoisotopic (exact) mass is 180 g/mol. The van der Waals surface area contributed by atoms with Gasteiger partial charge in [-0.2, -0.15) is 10.1 Å². The Morgan fingerprint density at radius 2 is 2.38 bits per heavy atom. The molecule has 1 rings (SSSR count). The van der Waals surface area contributed by atoms with Crippen LogP contribution < -0.4 is 0 Å². The molecule has 0 spiro atoms. The van der Waals surface area contributed by atoms with E-state index in [9.17, 15) is 0 Å². The molecule has 0 aliphatic carbocycles. The lowest BCUT2D eigenvalue weighted by atomic mass is 10.4. The van der Waals surface area contributed by atoms with Crippen LogP contribution >= 0.6 is 0 Å². The number of nitrogens with zero attached hydrogens (tertiary/aromatic N) is 6. The van der Waals surface area contributed by atoms with Crippen molar-refractivity contribution in [3.63, 3.8) is 0 Å². The fraction of sp³-hybridized carbons (Fsp3) is 0.714. The molecule has 0 aromatic carbocycles. The van der Waals surface area contributed by atoms with E-state index in [1.54, 1.807) is 7.05 Å². The van der Waals surface area contributed by atoms with E-state index in [1.807, 2.05) is 11.9 Å². The summed E-state index contributed by atoms with van der Waals surface area (Å²) < 4.78 is 0. The van der Waals surface area contributed by atoms with Gasteiger partial charge in [-0.3, -0.25) is 4.90 Å². The highest BCUT2D eigenvalue weighted by molar-refractivity contribution is 4.78. The number of nitriles is 1. The third-order valence-corrected chi connectivity index (χ3v) is 1.57. The second kappa shape index (κ2) is 4.52. The molecule has 1 aromatic rings. The predicted octanol–water partition coefficient (Wildman–Crippen LogP) is -0.444. The Morgan fingerprint density at radius 3 is 2.92 bits per heavy atom. The summed E-state index contributed by atoms with van der Waals surface area (Å²) in [4.78, 5) is 3.41. The molecule has 0 bridgehead atoms. The van der Waals surface area contributed by atoms with E-state index in [0.717, 1.165) is 6.54 Å². The number of aromatic nitrogens is 4. The molecule has 0 N–H and O–H groups in total. The molecular weight excluding hydrogens is 168 g/mol. The normalized spacial score (nSPS) is 10.3. The Balaban J connectivity index is 2.37. The molecule has 1 heterocycles. The van der Waals surface area contributed by atoms with Crippen molar-refractivity contribution in [2.24, 2.45) is 7.05 Å². The Kier molecular flexibility index (Phi) is 3.34. The summed E-state index contributed by atoms with van der Waals surface area (Å²) in [5, 5.41) is 19.9. The van der Waals surface area contributed by atoms with E-state index < -0.39 is 0 Å². The minimum atomic E-state index is 0.525. The second-order valence-electron chi connectivity index (χ2n) is 2.84. The first-order chi connectivity index (χ1) is 6.22. The van der Waals surface area contributed by atoms with Gasteiger partial charge in [-0.25, -0.2) is 0 Å². The minimum absolute atomic E-state index is 0.525. The Labute approximate surface area is 76.8 Å². The van der Waals surface area contributed by atoms with Gasteiger partial charge in [-0.15, -0.1) is 10.2 Å². The first-order valence-corrected chi connectivity index (χ1v) is 4.00. The van der Waals surface area contributed by atoms with Crippen molar-refractivity contribution in [2.45, 2.75) is 13.0 Å². The largest absolute Gasteiger partial charge is 0.298 e. The molecule has 0 amide bonds. The van der Waals surface area contributed by atoms with Gasteiger partial charge in [0.15, 0.2) is 5.82 Å². The molecule has 70 valence electrons. The third kappa shape index (κ3) is 3.17. The summed E-state index contributed by atoms with van der Waals surface area (Å²) in [6.45, 7) is 1.37. The quantitative estimate of drug-likeness (QED) is 0.628. The zero-order chi connectivity index (χ0) is 9.68. The van der Waals surface area contributed by atoms with Gasteiger partial charge < -0.3 is 0 Å². The van der Waals surface area contributed by atoms with Crippen LogP contribution in [0.2, 0.25) is 0 Å². The molecule has 6 nitrogen and oxygen atoms in total. The van der Waals surface area contributed by atoms with E-state index in [4.69, 9.17) is 5.26 Å². The summed E-state index contributed by atoms with van der Waals surface area (Å²) in [5.74, 6) is 0.683. The zero-order valence-electron chi connectivity index (χ0n) is 7.80. The average Bonchev–Trinajstić information content (AvgIpc) is 2.48. The van der Waals surface area contributed by atoms with Crippen molar-refractivity contribution in [3.8, 4) is 6.07 Å². The molecule has 0 radical (unpaired) electrons. The minimum Gasteiger partial charge on any atom is -0.298 e. The van der Waals surface area contributed by atoms with E-state index >= 15 is 0 Å². The molecular formula is C7H12N6. The van der Waals surface area contributed by atoms with Crippen molar-refractivity contribution in [1.82, 2.24) is 25.1 Å². The Hall–Kier alpha value is -1.48. The molecule has 6 heteroatoms. The van der Waals surface area contributed by atoms with Crippen LogP contribution in [0.15, 0.2) is 0 Å². The fourth-order valence-electron chi connectivity index (χ4n) is 0.948. The van der Waals surface area contributed by atoms with Crippen molar-refractivity contribution in [1.29, 1.82) is 5.26 Å². The summed E-state index contributed by atoms with van der Waals surface area (Å²) >= 11 is 0. The van der Waals surface area contributed by atoms with Crippen LogP contribution in [-0.4, -0.2) is 38.7 Å². The fourth-order valence-corrected chi connectivity index (χ4v) is 0.948. The zero-order valence-corrected chi connectivity index (χ0v) is 7.80. The smallest absolute Gasteiger partial charge is 0.188 e. The first-order valence-electron chi connectivity index (χ1n) is 4.00. The lowest BCUT2D eigenvalue weighted by Crippen LogP contribution is -2.19. The van der Waals surface area contributed by atoms with Gasteiger partial charge in [0.25, 0.3) is 0 Å². The SMILES string of the molecule is CN(CCC#N)Cc1nnn(C)n1. The van der Waals surface area contributed by atoms with Crippen molar-refractivity contribution >= 4 is 0 Å². The third-order valence-electron chi connectivity index (χ3n) is 1.57. The van der Waals surface area contributed by atoms with Crippen LogP contribution in [0.25, 0.3) is 0 Å². The van der Waals surface area contributed by atoms with Crippen molar-refractivity contribution in [2.75, 3.05) is 13.6 Å². The van der Waals surface area contributed by atoms with E-state index in [-0.39, 0.29) is 0 Å². The number of hydrogen-bond donors (Lipinski definition) is 0. The van der Waals surface area contributed by atoms with Gasteiger partial charge in [-0.1, -0.05) is 0 Å². The lowest BCUT2D eigenvalue weighted by molar-refractivity contribution is 0.325. The van der Waals surface area contributed by atoms with Crippen molar-refractivity contribution in [3.05, 3.63) is 5.82 Å². The maximum atomic E-state index is 8.36. The topological polar surface area (TPSA) is 70.6 Å². The number of aryl methyl sites for hydroxylation is 1. The molecule has 0 aliphatic heterocycles. The van der Waals surface area contributed by atoms with Gasteiger partial charge in [0.1, 0.15) is 0 Å². The average molecular weight is 180 g/mol. The molecule has 0 atom stereocenters. The molecule has 0 unspecified atom stereocenters. The molecule has 0 fully saturated rings. The van der Waals surface area contributed by atoms with Crippen LogP contribution in [0.3, 0.4) is 0 Å². The molecule has 1 aromatic heterocycles. The van der Waals surface area contributed by atoms with Gasteiger partial charge in [0, 0.05) is 13.0 Å². The number of tetrazole rings is 1. The summed E-state index contributed by atoms with van der Waals surface area (Å²) in [5.41, 5.74) is 0. The van der Waals surface area contributed by atoms with Crippen LogP contribution in [0.5, 0.6) is 0 Å². The highest BCUT2D eigenvalue weighted by atomic mass is 15.6. The van der Waals surface area contributed by atoms with Gasteiger partial charge in [0.05, 0.1) is 19.7 Å². The summed E-state index contributed by atoms with van der Waals surface area (Å²) in [6, 6.07) is 2.09. The van der Waals surface area contributed by atoms with Gasteiger partial charge >= 0.3 is 0 Å². The van der Waals surface area contributed by atoms with Crippen molar-refractivity contribution < 1.29 is 0 Å². The maximum absolute atomic E-state index is 8.36. The standard InChI is InChI=1S/C7H12N6/c1-12(5-3-4-8)6-7-9-11-13(2)10-7/h3,5-6H2,1-2H3. The van der Waals surface area contributed by atoms with E-state index in [0.29, 0.717) is 18.8 Å². The molecule has 0 saturated heterocycles. The Morgan fingerprint density at radius 1 is 1.62 bits per heavy atom. The molecule has 0 saturated carbocycles. The van der Waals surface area contributed by atoms with Gasteiger partial charge in [0.2, 0.25) is 0 Å². The summed E-state index contributed by atoms with van der Waals surface area (Å²) in [7, 11) is 3.65. The Bertz CT molecular complexity index is 298. The second-order valence-corrected chi connectivity index (χ2v) is 2.84. The molecule has 0 aliphatic rings. The van der Waals surface area contributed by atoms with Crippen LogP contribution in [-0.2, 0) is 13.6 Å². The summed E-state index contributed by atoms with van der Waals surface area (Å²) in [6.07, 6.45) is 0.525. The lowest BCUT2D eigenvalue weighted by Gasteiger charge is -2.10. The van der Waals surface area contributed by atoms with E-state index in [2.05, 4.69) is 21.5 Å². The maximum Gasteiger partial charge on any atom is 0.188 e. The highest BCUT2D eigenvalue weighted by Gasteiger charge is 2.04. The number of hydrogen-bond acceptors (Lipinski definition) is 5. The highest BCUT2D eigenvalue weighted by Crippen LogP contribution is 1.94. The first kappa shape index (κ1) is 9.61. The van der Waals surface area contributed by atoms with Crippen LogP contribution in [0.1, 0.15) is 12.2 Å². The predicted molar refractivity (Wildman–Crippen MR) is 45.4 cm³/mol. The number of rotatable bonds is 4. The van der Waals surface area contributed by atoms with E-state index in [1.165, 1.54) is 4.80 Å². The van der Waals surface area contributed by atoms with Crippen LogP contribution in [0, 0.1) is 11.3 Å². The molecule has 13 heavy (non-hydrogen) atoms. The van der Waals surface area contributed by atoms with Gasteiger partial charge in [-0.05, 0) is 12.3 Å².